The molecule has 1 aliphatic rings. The number of rotatable bonds is 13. The van der Waals surface area contributed by atoms with Gasteiger partial charge in [-0.05, 0) is 78.8 Å². The van der Waals surface area contributed by atoms with Crippen LogP contribution >= 0.6 is 11.8 Å². The average Bonchev–Trinajstić information content (AvgIpc) is 3.56. The Kier molecular flexibility index (Phi) is 8.17. The van der Waals surface area contributed by atoms with Crippen LogP contribution in [0.25, 0.3) is 11.1 Å². The molecule has 5 rings (SSSR count). The fraction of sp³-hybridized carbons (Fsp3) is 0.361. The third-order valence-electron chi connectivity index (χ3n) is 7.71. The highest BCUT2D eigenvalue weighted by atomic mass is 32.2. The number of carbonyl (C=O) groups is 1. The monoisotopic (exact) mass is 674 g/mol. The minimum Gasteiger partial charge on any atom is -0.336 e. The second kappa shape index (κ2) is 15.3. The van der Waals surface area contributed by atoms with Crippen LogP contribution in [0, 0.1) is 5.82 Å². The number of carbonyl (C=O) groups excluding carboxylic acids is 1. The molecule has 0 fully saturated rings. The van der Waals surface area contributed by atoms with E-state index in [1.165, 1.54) is 24.3 Å². The fourth-order valence-electron chi connectivity index (χ4n) is 5.18. The quantitative estimate of drug-likeness (QED) is 0.0852. The summed E-state index contributed by atoms with van der Waals surface area (Å²) in [5.74, 6) is -1.78. The molecule has 6 nitrogen and oxygen atoms in total. The first kappa shape index (κ1) is 25.1. The maximum atomic E-state index is 14.6. The zero-order valence-corrected chi connectivity index (χ0v) is 26.5. The zero-order valence-electron chi connectivity index (χ0n) is 33.7. The first-order valence-corrected chi connectivity index (χ1v) is 15.7. The summed E-state index contributed by atoms with van der Waals surface area (Å²) in [5.41, 5.74) is -2.04. The largest absolute Gasteiger partial charge is 0.416 e. The average molecular weight is 675 g/mol. The molecule has 0 bridgehead atoms. The van der Waals surface area contributed by atoms with Crippen molar-refractivity contribution in [3.8, 4) is 11.1 Å². The molecule has 0 unspecified atom stereocenters. The van der Waals surface area contributed by atoms with Crippen LogP contribution in [-0.4, -0.2) is 51.3 Å². The van der Waals surface area contributed by atoms with E-state index < -0.39 is 59.4 Å². The van der Waals surface area contributed by atoms with E-state index in [9.17, 15) is 29.9 Å². The molecule has 47 heavy (non-hydrogen) atoms. The lowest BCUT2D eigenvalue weighted by atomic mass is 10.0. The Morgan fingerprint density at radius 2 is 1.53 bits per heavy atom. The second-order valence-corrected chi connectivity index (χ2v) is 11.5. The number of hydrogen-bond acceptors (Lipinski definition) is 5. The summed E-state index contributed by atoms with van der Waals surface area (Å²) >= 11 is 0.380. The van der Waals surface area contributed by atoms with Gasteiger partial charge in [0.05, 0.1) is 8.30 Å². The van der Waals surface area contributed by atoms with E-state index in [4.69, 9.17) is 8.22 Å². The molecular weight excluding hydrogens is 628 g/mol. The molecule has 0 spiro atoms. The fourth-order valence-corrected chi connectivity index (χ4v) is 5.90. The highest BCUT2D eigenvalue weighted by Gasteiger charge is 2.30. The molecule has 1 aromatic heterocycles. The van der Waals surface area contributed by atoms with E-state index >= 15 is 0 Å². The van der Waals surface area contributed by atoms with E-state index in [-0.39, 0.29) is 49.3 Å². The van der Waals surface area contributed by atoms with Crippen LogP contribution in [0.3, 0.4) is 0 Å². The van der Waals surface area contributed by atoms with Gasteiger partial charge in [-0.3, -0.25) is 9.59 Å². The van der Waals surface area contributed by atoms with E-state index in [2.05, 4.69) is 4.98 Å². The summed E-state index contributed by atoms with van der Waals surface area (Å²) in [4.78, 5) is 33.7. The summed E-state index contributed by atoms with van der Waals surface area (Å²) in [6.45, 7) is -6.16. The van der Waals surface area contributed by atoms with Crippen molar-refractivity contribution < 1.29 is 33.3 Å². The molecule has 1 heterocycles. The van der Waals surface area contributed by atoms with Gasteiger partial charge in [-0.15, -0.1) is 0 Å². The molecular formula is C36H38F4N4O2S. The van der Waals surface area contributed by atoms with Crippen molar-refractivity contribution in [2.24, 2.45) is 0 Å². The molecule has 0 aliphatic heterocycles. The number of likely N-dealkylation sites (N-methyl/N-ethyl adjacent to an activating group) is 1. The lowest BCUT2D eigenvalue weighted by Gasteiger charge is -2.28. The standard InChI is InChI=1S/C36H38F4N4O2S/c1-3-42(4-2)20-21-43(22-25-8-12-27(13-9-25)28-14-16-29(17-15-28)36(38,39)40)33(45)23-44-32-7-5-6-31(32)34(46)41-35(44)47-24-26-10-18-30(37)19-11-26/h8-19H,3-7,20-24H2,1-2H3/i3D2,4D2,23D2,24D2. The van der Waals surface area contributed by atoms with E-state index in [1.54, 1.807) is 24.3 Å². The third-order valence-corrected chi connectivity index (χ3v) is 8.50. The van der Waals surface area contributed by atoms with Gasteiger partial charge in [-0.25, -0.2) is 4.39 Å². The zero-order chi connectivity index (χ0) is 40.7. The van der Waals surface area contributed by atoms with Gasteiger partial charge in [0.15, 0.2) is 5.16 Å². The Balaban J connectivity index is 1.54. The van der Waals surface area contributed by atoms with Gasteiger partial charge < -0.3 is 14.4 Å². The molecule has 0 saturated carbocycles. The Bertz CT molecular complexity index is 2060. The van der Waals surface area contributed by atoms with E-state index in [0.29, 0.717) is 34.9 Å². The minimum atomic E-state index is -4.51. The van der Waals surface area contributed by atoms with Gasteiger partial charge >= 0.3 is 6.18 Å². The van der Waals surface area contributed by atoms with Gasteiger partial charge in [-0.1, -0.05) is 74.1 Å². The minimum absolute atomic E-state index is 0.00350. The molecule has 0 atom stereocenters. The normalized spacial score (nSPS) is 16.6. The number of alkyl halides is 3. The second-order valence-electron chi connectivity index (χ2n) is 10.7. The Hall–Kier alpha value is -3.96. The molecule has 0 N–H and O–H groups in total. The van der Waals surface area contributed by atoms with Crippen molar-refractivity contribution in [2.45, 2.75) is 63.2 Å². The summed E-state index contributed by atoms with van der Waals surface area (Å²) in [5, 5.41) is -0.435. The van der Waals surface area contributed by atoms with Gasteiger partial charge in [-0.2, -0.15) is 18.2 Å². The maximum Gasteiger partial charge on any atom is 0.416 e. The molecule has 4 aromatic rings. The molecule has 248 valence electrons. The van der Waals surface area contributed by atoms with Crippen LogP contribution in [0.2, 0.25) is 0 Å². The number of thioether (sulfide) groups is 1. The molecule has 3 aromatic carbocycles. The third kappa shape index (κ3) is 8.70. The summed E-state index contributed by atoms with van der Waals surface area (Å²) in [7, 11) is 0. The lowest BCUT2D eigenvalue weighted by Crippen LogP contribution is -2.40. The number of hydrogen-bond donors (Lipinski definition) is 0. The van der Waals surface area contributed by atoms with Crippen LogP contribution < -0.4 is 5.56 Å². The summed E-state index contributed by atoms with van der Waals surface area (Å²) in [6.07, 6.45) is -3.64. The summed E-state index contributed by atoms with van der Waals surface area (Å²) in [6, 6.07) is 15.5. The molecule has 11 heteroatoms. The number of halogens is 4. The predicted octanol–water partition coefficient (Wildman–Crippen LogP) is 7.22. The Morgan fingerprint density at radius 1 is 0.915 bits per heavy atom. The smallest absolute Gasteiger partial charge is 0.336 e. The Labute approximate surface area is 287 Å². The number of aromatic nitrogens is 2. The maximum absolute atomic E-state index is 14.6. The van der Waals surface area contributed by atoms with Crippen LogP contribution in [-0.2, 0) is 42.6 Å². The highest BCUT2D eigenvalue weighted by molar-refractivity contribution is 7.98. The van der Waals surface area contributed by atoms with Gasteiger partial charge in [0.2, 0.25) is 5.91 Å². The van der Waals surface area contributed by atoms with Gasteiger partial charge in [0, 0.05) is 44.8 Å². The number of amides is 1. The molecule has 1 amide bonds. The van der Waals surface area contributed by atoms with Gasteiger partial charge in [0.1, 0.15) is 12.3 Å². The van der Waals surface area contributed by atoms with E-state index in [1.807, 2.05) is 0 Å². The van der Waals surface area contributed by atoms with E-state index in [0.717, 1.165) is 52.5 Å². The van der Waals surface area contributed by atoms with Crippen molar-refractivity contribution in [3.63, 3.8) is 0 Å². The van der Waals surface area contributed by atoms with Crippen LogP contribution in [0.15, 0.2) is 82.7 Å². The van der Waals surface area contributed by atoms with Crippen molar-refractivity contribution in [1.29, 1.82) is 0 Å². The number of fused-ring (bicyclic) bond motifs is 1. The topological polar surface area (TPSA) is 58.4 Å². The van der Waals surface area contributed by atoms with Crippen molar-refractivity contribution >= 4 is 17.7 Å². The SMILES string of the molecule is [2H]C([2H])(Sc1nc(=O)c2c(n1C([2H])([2H])C(=O)N(CCN(C([2H])([2H])C)C([2H])([2H])C)Cc1ccc(-c3ccc(C(F)(F)F)cc3)cc1)CCC2)c1ccc(F)cc1. The van der Waals surface area contributed by atoms with Crippen LogP contribution in [0.5, 0.6) is 0 Å². The van der Waals surface area contributed by atoms with Gasteiger partial charge in [0.25, 0.3) is 5.56 Å². The van der Waals surface area contributed by atoms with Crippen LogP contribution in [0.4, 0.5) is 17.6 Å². The van der Waals surface area contributed by atoms with Crippen molar-refractivity contribution in [2.75, 3.05) is 26.1 Å². The van der Waals surface area contributed by atoms with Crippen molar-refractivity contribution in [3.05, 3.63) is 117 Å². The van der Waals surface area contributed by atoms with Crippen LogP contribution in [0.1, 0.15) is 59.2 Å². The summed E-state index contributed by atoms with van der Waals surface area (Å²) < 4.78 is 123. The molecule has 1 aliphatic carbocycles. The highest BCUT2D eigenvalue weighted by Crippen LogP contribution is 2.31. The lowest BCUT2D eigenvalue weighted by molar-refractivity contribution is -0.137. The predicted molar refractivity (Wildman–Crippen MR) is 177 cm³/mol. The first-order valence-electron chi connectivity index (χ1n) is 18.8. The first-order chi connectivity index (χ1) is 25.4. The molecule has 0 saturated heterocycles. The van der Waals surface area contributed by atoms with Crippen molar-refractivity contribution in [1.82, 2.24) is 19.4 Å². The number of benzene rings is 3. The molecule has 0 radical (unpaired) electrons. The Morgan fingerprint density at radius 3 is 2.15 bits per heavy atom. The number of nitrogens with zero attached hydrogens (tertiary/aromatic N) is 4.